The van der Waals surface area contributed by atoms with Crippen molar-refractivity contribution in [1.29, 1.82) is 5.26 Å². The lowest BCUT2D eigenvalue weighted by atomic mass is 10.0. The Balaban J connectivity index is 1.50. The van der Waals surface area contributed by atoms with Crippen molar-refractivity contribution >= 4 is 34.2 Å². The van der Waals surface area contributed by atoms with Crippen LogP contribution in [-0.2, 0) is 22.1 Å². The lowest BCUT2D eigenvalue weighted by Gasteiger charge is -2.25. The van der Waals surface area contributed by atoms with Gasteiger partial charge in [-0.05, 0) is 50.5 Å². The molecule has 1 unspecified atom stereocenters. The highest BCUT2D eigenvalue weighted by Crippen LogP contribution is 2.40. The maximum Gasteiger partial charge on any atom is 0.295 e. The predicted molar refractivity (Wildman–Crippen MR) is 165 cm³/mol. The largest absolute Gasteiger partial charge is 0.494 e. The number of para-hydroxylation sites is 1. The molecular weight excluding hydrogens is 614 g/mol. The Morgan fingerprint density at radius 2 is 1.94 bits per heavy atom. The number of nitrogens with zero attached hydrogens (tertiary/aromatic N) is 10. The number of nitrogens with one attached hydrogen (secondary N) is 2. The van der Waals surface area contributed by atoms with E-state index in [0.29, 0.717) is 47.2 Å². The van der Waals surface area contributed by atoms with E-state index in [4.69, 9.17) is 19.2 Å². The van der Waals surface area contributed by atoms with Crippen molar-refractivity contribution in [2.45, 2.75) is 51.4 Å². The number of rotatable bonds is 10. The molecule has 1 fully saturated rings. The summed E-state index contributed by atoms with van der Waals surface area (Å²) in [7, 11) is 4.67. The van der Waals surface area contributed by atoms with Gasteiger partial charge in [-0.1, -0.05) is 6.07 Å². The predicted octanol–water partition coefficient (Wildman–Crippen LogP) is 5.30. The summed E-state index contributed by atoms with van der Waals surface area (Å²) in [6.07, 6.45) is -0.000489. The molecule has 1 saturated heterocycles. The number of hydrogen-bond acceptors (Lipinski definition) is 13. The topological polar surface area (TPSA) is 176 Å². The highest BCUT2D eigenvalue weighted by molar-refractivity contribution is 5.92. The normalized spacial score (nSPS) is 15.2. The van der Waals surface area contributed by atoms with Crippen molar-refractivity contribution in [3.63, 3.8) is 0 Å². The standard InChI is InChI=1S/C30H32F2N12O3/c1-30(2,46-5)25-19(14-33)36-21(15-34-25)37-20-13-18(35-17-10-8-9-16(24(17)45-4)27-40-42-43(3)41-27)23-28(38-20)44(29(39-23)26(31)32)22-11-6-7-12-47-22/h8-10,13,15,22,26H,6-7,11-12H2,1-5H3,(H2,35,36,37,38). The molecule has 0 amide bonds. The monoisotopic (exact) mass is 646 g/mol. The molecular formula is C30H32F2N12O3. The quantitative estimate of drug-likeness (QED) is 0.200. The van der Waals surface area contributed by atoms with Crippen LogP contribution in [0.25, 0.3) is 22.6 Å². The number of aryl methyl sites for hydroxylation is 1. The smallest absolute Gasteiger partial charge is 0.295 e. The molecule has 0 spiro atoms. The molecule has 17 heteroatoms. The van der Waals surface area contributed by atoms with E-state index in [1.807, 2.05) is 0 Å². The van der Waals surface area contributed by atoms with E-state index < -0.39 is 24.1 Å². The van der Waals surface area contributed by atoms with Gasteiger partial charge in [0.15, 0.2) is 28.7 Å². The SMILES string of the molecule is COc1c(Nc2cc(Nc3cnc(C(C)(C)OC)c(C#N)n3)nc3c2nc(C(F)F)n3C2CCCCO2)cccc1-c1nnn(C)n1. The number of hydrogen-bond donors (Lipinski definition) is 2. The molecule has 0 radical (unpaired) electrons. The van der Waals surface area contributed by atoms with Crippen LogP contribution in [0.3, 0.4) is 0 Å². The maximum atomic E-state index is 14.5. The van der Waals surface area contributed by atoms with E-state index in [2.05, 4.69) is 47.1 Å². The van der Waals surface area contributed by atoms with Crippen LogP contribution < -0.4 is 15.4 Å². The molecule has 0 bridgehead atoms. The zero-order chi connectivity index (χ0) is 33.3. The van der Waals surface area contributed by atoms with Gasteiger partial charge in [0.05, 0.1) is 37.3 Å². The Morgan fingerprint density at radius 1 is 1.11 bits per heavy atom. The Hall–Kier alpha value is -5.34. The Labute approximate surface area is 267 Å². The van der Waals surface area contributed by atoms with Crippen molar-refractivity contribution < 1.29 is 23.0 Å². The fraction of sp³-hybridized carbons (Fsp3) is 0.400. The molecule has 4 aromatic heterocycles. The number of halogens is 2. The van der Waals surface area contributed by atoms with Gasteiger partial charge in [0.1, 0.15) is 34.9 Å². The summed E-state index contributed by atoms with van der Waals surface area (Å²) < 4.78 is 47.6. The first-order valence-electron chi connectivity index (χ1n) is 14.7. The molecule has 1 atom stereocenters. The number of nitriles is 1. The lowest BCUT2D eigenvalue weighted by Crippen LogP contribution is -2.23. The minimum Gasteiger partial charge on any atom is -0.494 e. The third-order valence-corrected chi connectivity index (χ3v) is 7.77. The van der Waals surface area contributed by atoms with E-state index in [0.717, 1.165) is 12.8 Å². The zero-order valence-electron chi connectivity index (χ0n) is 26.3. The highest BCUT2D eigenvalue weighted by Gasteiger charge is 2.30. The van der Waals surface area contributed by atoms with Crippen LogP contribution in [0.15, 0.2) is 30.5 Å². The number of pyridine rings is 1. The van der Waals surface area contributed by atoms with Gasteiger partial charge in [0.25, 0.3) is 6.43 Å². The second-order valence-corrected chi connectivity index (χ2v) is 11.2. The summed E-state index contributed by atoms with van der Waals surface area (Å²) in [4.78, 5) is 19.3. The molecule has 0 aliphatic carbocycles. The van der Waals surface area contributed by atoms with E-state index >= 15 is 0 Å². The lowest BCUT2D eigenvalue weighted by molar-refractivity contribution is -0.0363. The number of tetrazole rings is 1. The van der Waals surface area contributed by atoms with Gasteiger partial charge >= 0.3 is 0 Å². The number of aromatic nitrogens is 9. The van der Waals surface area contributed by atoms with E-state index in [1.165, 1.54) is 29.8 Å². The summed E-state index contributed by atoms with van der Waals surface area (Å²) in [5.74, 6) is 0.686. The highest BCUT2D eigenvalue weighted by atomic mass is 19.3. The molecule has 0 saturated carbocycles. The second kappa shape index (κ2) is 12.8. The minimum atomic E-state index is -2.90. The summed E-state index contributed by atoms with van der Waals surface area (Å²) >= 11 is 0. The van der Waals surface area contributed by atoms with E-state index in [-0.39, 0.29) is 28.5 Å². The van der Waals surface area contributed by atoms with Crippen LogP contribution in [0.2, 0.25) is 0 Å². The first-order chi connectivity index (χ1) is 22.6. The van der Waals surface area contributed by atoms with Gasteiger partial charge in [0.2, 0.25) is 5.82 Å². The Kier molecular flexibility index (Phi) is 8.62. The van der Waals surface area contributed by atoms with Gasteiger partial charge in [0, 0.05) is 19.8 Å². The molecule has 6 rings (SSSR count). The molecule has 2 N–H and O–H groups in total. The van der Waals surface area contributed by atoms with Crippen LogP contribution >= 0.6 is 0 Å². The fourth-order valence-corrected chi connectivity index (χ4v) is 5.37. The van der Waals surface area contributed by atoms with Crippen LogP contribution in [0.5, 0.6) is 5.75 Å². The van der Waals surface area contributed by atoms with Crippen LogP contribution in [0.1, 0.15) is 63.0 Å². The van der Waals surface area contributed by atoms with Gasteiger partial charge in [-0.2, -0.15) is 10.1 Å². The van der Waals surface area contributed by atoms with Crippen molar-refractivity contribution in [1.82, 2.24) is 44.7 Å². The average Bonchev–Trinajstić information content (AvgIpc) is 3.69. The number of fused-ring (bicyclic) bond motifs is 1. The van der Waals surface area contributed by atoms with Gasteiger partial charge in [-0.25, -0.2) is 23.7 Å². The van der Waals surface area contributed by atoms with Crippen molar-refractivity contribution in [2.75, 3.05) is 31.5 Å². The molecule has 5 aromatic rings. The molecule has 244 valence electrons. The summed E-state index contributed by atoms with van der Waals surface area (Å²) in [6, 6.07) is 8.98. The van der Waals surface area contributed by atoms with Crippen molar-refractivity contribution in [3.05, 3.63) is 47.7 Å². The molecule has 5 heterocycles. The number of imidazole rings is 1. The van der Waals surface area contributed by atoms with E-state index in [9.17, 15) is 14.0 Å². The molecule has 1 aromatic carbocycles. The molecule has 15 nitrogen and oxygen atoms in total. The van der Waals surface area contributed by atoms with Crippen LogP contribution in [-0.4, -0.2) is 65.5 Å². The first-order valence-corrected chi connectivity index (χ1v) is 14.7. The van der Waals surface area contributed by atoms with Crippen molar-refractivity contribution in [3.8, 4) is 23.2 Å². The minimum absolute atomic E-state index is 0.0566. The fourth-order valence-electron chi connectivity index (χ4n) is 5.37. The zero-order valence-corrected chi connectivity index (χ0v) is 26.3. The van der Waals surface area contributed by atoms with Gasteiger partial charge < -0.3 is 24.8 Å². The second-order valence-electron chi connectivity index (χ2n) is 11.2. The van der Waals surface area contributed by atoms with E-state index in [1.54, 1.807) is 45.2 Å². The maximum absolute atomic E-state index is 14.5. The summed E-state index contributed by atoms with van der Waals surface area (Å²) in [6.45, 7) is 3.97. The van der Waals surface area contributed by atoms with Crippen LogP contribution in [0, 0.1) is 11.3 Å². The molecule has 47 heavy (non-hydrogen) atoms. The third-order valence-electron chi connectivity index (χ3n) is 7.77. The van der Waals surface area contributed by atoms with Gasteiger partial charge in [-0.15, -0.1) is 10.2 Å². The van der Waals surface area contributed by atoms with Crippen LogP contribution in [0.4, 0.5) is 31.8 Å². The summed E-state index contributed by atoms with van der Waals surface area (Å²) in [5.41, 5.74) is 1.28. The average molecular weight is 647 g/mol. The third kappa shape index (κ3) is 6.12. The van der Waals surface area contributed by atoms with Crippen molar-refractivity contribution in [2.24, 2.45) is 7.05 Å². The Bertz CT molecular complexity index is 1960. The summed E-state index contributed by atoms with van der Waals surface area (Å²) in [5, 5.41) is 28.5. The number of methoxy groups -OCH3 is 2. The Morgan fingerprint density at radius 3 is 2.60 bits per heavy atom. The number of anilines is 4. The molecule has 1 aliphatic rings. The number of alkyl halides is 2. The number of benzene rings is 1. The molecule has 1 aliphatic heterocycles. The van der Waals surface area contributed by atoms with Gasteiger partial charge in [-0.3, -0.25) is 9.55 Å². The first kappa shape index (κ1) is 31.6. The number of ether oxygens (including phenoxy) is 3.